The van der Waals surface area contributed by atoms with E-state index in [1.807, 2.05) is 6.07 Å². The highest BCUT2D eigenvalue weighted by molar-refractivity contribution is 6.03. The second-order valence-electron chi connectivity index (χ2n) is 3.30. The molecule has 0 fully saturated rings. The Morgan fingerprint density at radius 1 is 1.53 bits per heavy atom. The molecule has 1 aromatic heterocycles. The first-order chi connectivity index (χ1) is 7.13. The highest BCUT2D eigenvalue weighted by Crippen LogP contribution is 2.21. The van der Waals surface area contributed by atoms with Crippen molar-refractivity contribution in [1.29, 1.82) is 5.26 Å². The van der Waals surface area contributed by atoms with Gasteiger partial charge in [0, 0.05) is 24.1 Å². The van der Waals surface area contributed by atoms with Crippen LogP contribution >= 0.6 is 0 Å². The van der Waals surface area contributed by atoms with Gasteiger partial charge in [0.15, 0.2) is 0 Å². The number of benzene rings is 1. The van der Waals surface area contributed by atoms with Gasteiger partial charge in [-0.3, -0.25) is 0 Å². The van der Waals surface area contributed by atoms with Crippen molar-refractivity contribution in [3.05, 3.63) is 35.5 Å². The lowest BCUT2D eigenvalue weighted by Gasteiger charge is -1.95. The number of nitriles is 1. The highest BCUT2D eigenvalue weighted by atomic mass is 16.4. The summed E-state index contributed by atoms with van der Waals surface area (Å²) in [5.41, 5.74) is 1.55. The first-order valence-corrected chi connectivity index (χ1v) is 4.36. The van der Waals surface area contributed by atoms with Crippen LogP contribution in [0.25, 0.3) is 10.9 Å². The molecule has 1 N–H and O–H groups in total. The van der Waals surface area contributed by atoms with E-state index < -0.39 is 5.97 Å². The summed E-state index contributed by atoms with van der Waals surface area (Å²) in [6.07, 6.45) is 1.55. The number of carbonyl (C=O) groups is 1. The summed E-state index contributed by atoms with van der Waals surface area (Å²) >= 11 is 0. The van der Waals surface area contributed by atoms with Crippen LogP contribution in [0.2, 0.25) is 0 Å². The van der Waals surface area contributed by atoms with Gasteiger partial charge in [0.05, 0.1) is 17.2 Å². The summed E-state index contributed by atoms with van der Waals surface area (Å²) in [6, 6.07) is 6.99. The second kappa shape index (κ2) is 3.14. The third kappa shape index (κ3) is 1.34. The van der Waals surface area contributed by atoms with Crippen molar-refractivity contribution in [2.75, 3.05) is 0 Å². The predicted molar refractivity (Wildman–Crippen MR) is 54.6 cm³/mol. The number of aromatic nitrogens is 1. The maximum atomic E-state index is 10.9. The topological polar surface area (TPSA) is 66.0 Å². The van der Waals surface area contributed by atoms with E-state index in [1.165, 1.54) is 0 Å². The van der Waals surface area contributed by atoms with E-state index in [2.05, 4.69) is 0 Å². The van der Waals surface area contributed by atoms with Gasteiger partial charge in [-0.15, -0.1) is 0 Å². The number of hydrogen-bond acceptors (Lipinski definition) is 2. The van der Waals surface area contributed by atoms with E-state index in [0.29, 0.717) is 10.9 Å². The first kappa shape index (κ1) is 9.28. The van der Waals surface area contributed by atoms with Crippen LogP contribution < -0.4 is 0 Å². The van der Waals surface area contributed by atoms with E-state index in [-0.39, 0.29) is 5.56 Å². The molecule has 74 valence electrons. The third-order valence-corrected chi connectivity index (χ3v) is 2.35. The summed E-state index contributed by atoms with van der Waals surface area (Å²) < 4.78 is 1.71. The van der Waals surface area contributed by atoms with E-state index in [9.17, 15) is 4.79 Å². The van der Waals surface area contributed by atoms with Crippen LogP contribution in [0.5, 0.6) is 0 Å². The normalized spacial score (nSPS) is 10.1. The lowest BCUT2D eigenvalue weighted by Crippen LogP contribution is -1.93. The van der Waals surface area contributed by atoms with Crippen molar-refractivity contribution >= 4 is 16.9 Å². The number of aromatic carboxylic acids is 1. The van der Waals surface area contributed by atoms with E-state index in [1.54, 1.807) is 36.0 Å². The molecule has 2 aromatic rings. The Bertz CT molecular complexity index is 590. The van der Waals surface area contributed by atoms with E-state index >= 15 is 0 Å². The molecule has 4 heteroatoms. The molecule has 0 aliphatic rings. The number of fused-ring (bicyclic) bond motifs is 1. The van der Waals surface area contributed by atoms with Gasteiger partial charge in [-0.25, -0.2) is 4.79 Å². The van der Waals surface area contributed by atoms with Crippen molar-refractivity contribution in [2.24, 2.45) is 7.05 Å². The summed E-state index contributed by atoms with van der Waals surface area (Å²) in [5, 5.41) is 18.3. The Balaban J connectivity index is 2.82. The maximum absolute atomic E-state index is 10.9. The molecule has 0 saturated heterocycles. The number of carboxylic acid groups (broad SMARTS) is 1. The minimum absolute atomic E-state index is 0.261. The Morgan fingerprint density at radius 3 is 2.87 bits per heavy atom. The number of aryl methyl sites for hydroxylation is 1. The van der Waals surface area contributed by atoms with Crippen LogP contribution in [0.3, 0.4) is 0 Å². The van der Waals surface area contributed by atoms with Crippen molar-refractivity contribution in [1.82, 2.24) is 4.57 Å². The number of hydrogen-bond donors (Lipinski definition) is 1. The average molecular weight is 200 g/mol. The molecule has 0 amide bonds. The highest BCUT2D eigenvalue weighted by Gasteiger charge is 2.12. The average Bonchev–Trinajstić information content (AvgIpc) is 2.56. The van der Waals surface area contributed by atoms with Gasteiger partial charge in [0.2, 0.25) is 0 Å². The summed E-state index contributed by atoms with van der Waals surface area (Å²) in [7, 11) is 1.76. The Morgan fingerprint density at radius 2 is 2.27 bits per heavy atom. The molecular weight excluding hydrogens is 192 g/mol. The number of nitrogens with zero attached hydrogens (tertiary/aromatic N) is 2. The zero-order valence-electron chi connectivity index (χ0n) is 8.06. The Labute approximate surface area is 86.0 Å². The van der Waals surface area contributed by atoms with Crippen molar-refractivity contribution in [3.8, 4) is 6.07 Å². The summed E-state index contributed by atoms with van der Waals surface area (Å²) in [4.78, 5) is 10.9. The molecule has 0 aliphatic carbocycles. The van der Waals surface area contributed by atoms with Crippen LogP contribution in [0.4, 0.5) is 0 Å². The predicted octanol–water partition coefficient (Wildman–Crippen LogP) is 1.75. The standard InChI is InChI=1S/C11H8N2O2/c1-13-6-9(11(14)15)8-3-2-7(5-12)4-10(8)13/h2-4,6H,1H3,(H,14,15). The first-order valence-electron chi connectivity index (χ1n) is 4.36. The van der Waals surface area contributed by atoms with E-state index in [0.717, 1.165) is 5.52 Å². The van der Waals surface area contributed by atoms with Gasteiger partial charge in [-0.05, 0) is 12.1 Å². The van der Waals surface area contributed by atoms with Crippen LogP contribution in [-0.2, 0) is 7.05 Å². The number of rotatable bonds is 1. The van der Waals surface area contributed by atoms with Gasteiger partial charge in [0.25, 0.3) is 0 Å². The zero-order chi connectivity index (χ0) is 11.0. The second-order valence-corrected chi connectivity index (χ2v) is 3.30. The smallest absolute Gasteiger partial charge is 0.337 e. The fourth-order valence-electron chi connectivity index (χ4n) is 1.62. The van der Waals surface area contributed by atoms with Gasteiger partial charge < -0.3 is 9.67 Å². The summed E-state index contributed by atoms with van der Waals surface area (Å²) in [6.45, 7) is 0. The third-order valence-electron chi connectivity index (χ3n) is 2.35. The molecule has 0 aliphatic heterocycles. The monoisotopic (exact) mass is 200 g/mol. The van der Waals surface area contributed by atoms with Crippen LogP contribution in [0.1, 0.15) is 15.9 Å². The number of carboxylic acids is 1. The largest absolute Gasteiger partial charge is 0.478 e. The molecule has 0 bridgehead atoms. The van der Waals surface area contributed by atoms with Crippen molar-refractivity contribution in [2.45, 2.75) is 0 Å². The molecule has 1 aromatic carbocycles. The lowest BCUT2D eigenvalue weighted by molar-refractivity contribution is 0.0699. The molecule has 0 unspecified atom stereocenters. The molecule has 4 nitrogen and oxygen atoms in total. The van der Waals surface area contributed by atoms with Crippen LogP contribution in [0, 0.1) is 11.3 Å². The minimum atomic E-state index is -0.953. The Kier molecular flexibility index (Phi) is 1.94. The molecular formula is C11H8N2O2. The SMILES string of the molecule is Cn1cc(C(=O)O)c2ccc(C#N)cc21. The lowest BCUT2D eigenvalue weighted by atomic mass is 10.1. The van der Waals surface area contributed by atoms with Crippen LogP contribution in [-0.4, -0.2) is 15.6 Å². The van der Waals surface area contributed by atoms with Crippen molar-refractivity contribution in [3.63, 3.8) is 0 Å². The molecule has 2 rings (SSSR count). The van der Waals surface area contributed by atoms with Gasteiger partial charge in [-0.1, -0.05) is 6.07 Å². The molecule has 0 atom stereocenters. The van der Waals surface area contributed by atoms with Crippen LogP contribution in [0.15, 0.2) is 24.4 Å². The Hall–Kier alpha value is -2.28. The quantitative estimate of drug-likeness (QED) is 0.762. The minimum Gasteiger partial charge on any atom is -0.478 e. The van der Waals surface area contributed by atoms with Gasteiger partial charge >= 0.3 is 5.97 Å². The maximum Gasteiger partial charge on any atom is 0.337 e. The van der Waals surface area contributed by atoms with Gasteiger partial charge in [-0.2, -0.15) is 5.26 Å². The fraction of sp³-hybridized carbons (Fsp3) is 0.0909. The van der Waals surface area contributed by atoms with E-state index in [4.69, 9.17) is 10.4 Å². The zero-order valence-corrected chi connectivity index (χ0v) is 8.06. The van der Waals surface area contributed by atoms with Gasteiger partial charge in [0.1, 0.15) is 0 Å². The summed E-state index contributed by atoms with van der Waals surface area (Å²) in [5.74, 6) is -0.953. The van der Waals surface area contributed by atoms with Crippen molar-refractivity contribution < 1.29 is 9.90 Å². The fourth-order valence-corrected chi connectivity index (χ4v) is 1.62. The molecule has 15 heavy (non-hydrogen) atoms. The molecule has 0 radical (unpaired) electrons. The molecule has 1 heterocycles. The molecule has 0 spiro atoms. The molecule has 0 saturated carbocycles.